The number of aryl methyl sites for hydroxylation is 1. The Bertz CT molecular complexity index is 720. The molecular weight excluding hydrogens is 336 g/mol. The van der Waals surface area contributed by atoms with Gasteiger partial charge in [0.1, 0.15) is 0 Å². The van der Waals surface area contributed by atoms with Crippen molar-refractivity contribution < 1.29 is 13.2 Å². The van der Waals surface area contributed by atoms with Crippen LogP contribution in [0.5, 0.6) is 0 Å². The van der Waals surface area contributed by atoms with Crippen LogP contribution in [-0.2, 0) is 9.84 Å². The third-order valence-electron chi connectivity index (χ3n) is 5.03. The molecule has 3 atom stereocenters. The van der Waals surface area contributed by atoms with Gasteiger partial charge in [-0.15, -0.1) is 12.4 Å². The van der Waals surface area contributed by atoms with Gasteiger partial charge >= 0.3 is 0 Å². The predicted octanol–water partition coefficient (Wildman–Crippen LogP) is 1.63. The highest BCUT2D eigenvalue weighted by atomic mass is 35.5. The smallest absolute Gasteiger partial charge is 0.253 e. The molecule has 1 aliphatic carbocycles. The maximum atomic E-state index is 12.7. The molecule has 128 valence electrons. The van der Waals surface area contributed by atoms with Crippen LogP contribution < -0.4 is 5.73 Å². The number of carbonyl (C=O) groups excluding carboxylic acids is 1. The van der Waals surface area contributed by atoms with Gasteiger partial charge in [-0.3, -0.25) is 4.79 Å². The number of likely N-dealkylation sites (tertiary alicyclic amines) is 1. The number of nitrogens with zero attached hydrogens (tertiary/aromatic N) is 1. The van der Waals surface area contributed by atoms with Gasteiger partial charge in [0.05, 0.1) is 4.90 Å². The second-order valence-corrected chi connectivity index (χ2v) is 8.61. The van der Waals surface area contributed by atoms with Gasteiger partial charge in [-0.25, -0.2) is 8.42 Å². The Kier molecular flexibility index (Phi) is 5.09. The van der Waals surface area contributed by atoms with E-state index < -0.39 is 9.84 Å². The molecule has 2 N–H and O–H groups in total. The number of sulfone groups is 1. The van der Waals surface area contributed by atoms with Gasteiger partial charge in [-0.2, -0.15) is 0 Å². The quantitative estimate of drug-likeness (QED) is 0.871. The van der Waals surface area contributed by atoms with Crippen LogP contribution in [0.25, 0.3) is 0 Å². The molecule has 0 spiro atoms. The average molecular weight is 359 g/mol. The van der Waals surface area contributed by atoms with Crippen LogP contribution in [0.2, 0.25) is 0 Å². The van der Waals surface area contributed by atoms with E-state index in [2.05, 4.69) is 0 Å². The van der Waals surface area contributed by atoms with Crippen molar-refractivity contribution in [3.63, 3.8) is 0 Å². The first-order chi connectivity index (χ1) is 10.3. The van der Waals surface area contributed by atoms with Crippen molar-refractivity contribution in [1.82, 2.24) is 4.90 Å². The lowest BCUT2D eigenvalue weighted by Crippen LogP contribution is -2.33. The highest BCUT2D eigenvalue weighted by Gasteiger charge is 2.42. The Labute approximate surface area is 143 Å². The third kappa shape index (κ3) is 3.39. The van der Waals surface area contributed by atoms with Crippen molar-refractivity contribution in [2.75, 3.05) is 19.3 Å². The lowest BCUT2D eigenvalue weighted by atomic mass is 9.98. The number of fused-ring (bicyclic) bond motifs is 1. The number of benzene rings is 1. The van der Waals surface area contributed by atoms with E-state index in [-0.39, 0.29) is 29.3 Å². The summed E-state index contributed by atoms with van der Waals surface area (Å²) in [6, 6.07) is 5.10. The molecule has 0 aromatic heterocycles. The monoisotopic (exact) mass is 358 g/mol. The van der Waals surface area contributed by atoms with E-state index in [1.807, 2.05) is 4.90 Å². The maximum Gasteiger partial charge on any atom is 0.253 e. The fourth-order valence-electron chi connectivity index (χ4n) is 3.79. The van der Waals surface area contributed by atoms with Crippen molar-refractivity contribution in [1.29, 1.82) is 0 Å². The summed E-state index contributed by atoms with van der Waals surface area (Å²) < 4.78 is 23.6. The van der Waals surface area contributed by atoms with Crippen LogP contribution in [0.3, 0.4) is 0 Å². The first kappa shape index (κ1) is 18.2. The van der Waals surface area contributed by atoms with E-state index >= 15 is 0 Å². The predicted molar refractivity (Wildman–Crippen MR) is 91.6 cm³/mol. The van der Waals surface area contributed by atoms with Gasteiger partial charge < -0.3 is 10.6 Å². The van der Waals surface area contributed by atoms with Crippen molar-refractivity contribution in [2.24, 2.45) is 17.6 Å². The van der Waals surface area contributed by atoms with E-state index in [1.54, 1.807) is 19.1 Å². The van der Waals surface area contributed by atoms with E-state index in [9.17, 15) is 13.2 Å². The van der Waals surface area contributed by atoms with Crippen molar-refractivity contribution in [2.45, 2.75) is 30.7 Å². The zero-order valence-electron chi connectivity index (χ0n) is 13.4. The first-order valence-corrected chi connectivity index (χ1v) is 9.52. The summed E-state index contributed by atoms with van der Waals surface area (Å²) in [5, 5.41) is 0. The Morgan fingerprint density at radius 2 is 1.96 bits per heavy atom. The fourth-order valence-corrected chi connectivity index (χ4v) is 4.78. The fraction of sp³-hybridized carbons (Fsp3) is 0.562. The molecule has 1 aliphatic heterocycles. The minimum atomic E-state index is -3.33. The van der Waals surface area contributed by atoms with Crippen LogP contribution in [0.15, 0.2) is 23.1 Å². The van der Waals surface area contributed by atoms with E-state index in [0.29, 0.717) is 29.5 Å². The Hall–Kier alpha value is -1.11. The summed E-state index contributed by atoms with van der Waals surface area (Å²) in [5.41, 5.74) is 7.21. The molecule has 2 aliphatic rings. The van der Waals surface area contributed by atoms with Crippen LogP contribution in [0, 0.1) is 18.8 Å². The second kappa shape index (κ2) is 6.42. The zero-order valence-corrected chi connectivity index (χ0v) is 15.0. The van der Waals surface area contributed by atoms with Crippen molar-refractivity contribution >= 4 is 28.2 Å². The molecule has 1 heterocycles. The number of hydrogen-bond acceptors (Lipinski definition) is 4. The summed E-state index contributed by atoms with van der Waals surface area (Å²) >= 11 is 0. The topological polar surface area (TPSA) is 80.5 Å². The Balaban J connectivity index is 0.00000192. The first-order valence-electron chi connectivity index (χ1n) is 7.63. The minimum absolute atomic E-state index is 0. The molecule has 1 aromatic rings. The molecule has 0 radical (unpaired) electrons. The molecule has 2 fully saturated rings. The Morgan fingerprint density at radius 3 is 2.57 bits per heavy atom. The van der Waals surface area contributed by atoms with Gasteiger partial charge in [-0.1, -0.05) is 6.07 Å². The molecule has 1 amide bonds. The molecule has 1 saturated carbocycles. The summed E-state index contributed by atoms with van der Waals surface area (Å²) in [4.78, 5) is 14.7. The van der Waals surface area contributed by atoms with Gasteiger partial charge in [0.2, 0.25) is 0 Å². The number of amides is 1. The number of nitrogens with two attached hydrogens (primary N) is 1. The standard InChI is InChI=1S/C16H22N2O3S.ClH/c1-10-3-4-11(7-15(10)22(2,20)21)16(19)18-8-12-5-6-14(17)13(12)9-18;/h3-4,7,12-14H,5-6,8-9,17H2,1-2H3;1H. The maximum absolute atomic E-state index is 12.7. The van der Waals surface area contributed by atoms with Crippen LogP contribution in [-0.4, -0.2) is 44.6 Å². The van der Waals surface area contributed by atoms with Crippen molar-refractivity contribution in [3.05, 3.63) is 29.3 Å². The number of carbonyl (C=O) groups is 1. The van der Waals surface area contributed by atoms with Gasteiger partial charge in [0, 0.05) is 31.0 Å². The average Bonchev–Trinajstić information content (AvgIpc) is 3.00. The number of halogens is 1. The van der Waals surface area contributed by atoms with Crippen molar-refractivity contribution in [3.8, 4) is 0 Å². The number of rotatable bonds is 2. The SMILES string of the molecule is Cc1ccc(C(=O)N2CC3CCC(N)C3C2)cc1S(C)(=O)=O.Cl. The third-order valence-corrected chi connectivity index (χ3v) is 6.27. The van der Waals surface area contributed by atoms with E-state index in [1.165, 1.54) is 12.3 Å². The van der Waals surface area contributed by atoms with Gasteiger partial charge in [0.25, 0.3) is 5.91 Å². The molecule has 1 saturated heterocycles. The van der Waals surface area contributed by atoms with Gasteiger partial charge in [0.15, 0.2) is 9.84 Å². The molecule has 3 unspecified atom stereocenters. The van der Waals surface area contributed by atoms with Crippen LogP contribution in [0.1, 0.15) is 28.8 Å². The highest BCUT2D eigenvalue weighted by Crippen LogP contribution is 2.37. The molecule has 3 rings (SSSR count). The Morgan fingerprint density at radius 1 is 1.26 bits per heavy atom. The lowest BCUT2D eigenvalue weighted by Gasteiger charge is -2.19. The highest BCUT2D eigenvalue weighted by molar-refractivity contribution is 7.90. The summed E-state index contributed by atoms with van der Waals surface area (Å²) in [6.45, 7) is 3.16. The lowest BCUT2D eigenvalue weighted by molar-refractivity contribution is 0.0779. The van der Waals surface area contributed by atoms with Crippen LogP contribution >= 0.6 is 12.4 Å². The molecular formula is C16H23ClN2O3S. The van der Waals surface area contributed by atoms with E-state index in [4.69, 9.17) is 5.73 Å². The molecule has 1 aromatic carbocycles. The summed E-state index contributed by atoms with van der Waals surface area (Å²) in [7, 11) is -3.33. The van der Waals surface area contributed by atoms with Crippen LogP contribution in [0.4, 0.5) is 0 Å². The molecule has 23 heavy (non-hydrogen) atoms. The molecule has 0 bridgehead atoms. The molecule has 5 nitrogen and oxygen atoms in total. The molecule has 7 heteroatoms. The van der Waals surface area contributed by atoms with E-state index in [0.717, 1.165) is 19.4 Å². The largest absolute Gasteiger partial charge is 0.338 e. The second-order valence-electron chi connectivity index (χ2n) is 6.63. The summed E-state index contributed by atoms with van der Waals surface area (Å²) in [6.07, 6.45) is 3.29. The number of hydrogen-bond donors (Lipinski definition) is 1. The minimum Gasteiger partial charge on any atom is -0.338 e. The zero-order chi connectivity index (χ0) is 16.1. The summed E-state index contributed by atoms with van der Waals surface area (Å²) in [5.74, 6) is 0.800. The normalized spacial score (nSPS) is 26.7. The van der Waals surface area contributed by atoms with Gasteiger partial charge in [-0.05, 0) is 49.3 Å².